The van der Waals surface area contributed by atoms with E-state index in [1.54, 1.807) is 0 Å². The van der Waals surface area contributed by atoms with Crippen molar-refractivity contribution in [3.63, 3.8) is 0 Å². The molecule has 2 aromatic rings. The molecule has 4 nitrogen and oxygen atoms in total. The molecule has 24 heavy (non-hydrogen) atoms. The van der Waals surface area contributed by atoms with Crippen LogP contribution in [0.3, 0.4) is 0 Å². The zero-order chi connectivity index (χ0) is 16.9. The predicted octanol–water partition coefficient (Wildman–Crippen LogP) is 4.23. The summed E-state index contributed by atoms with van der Waals surface area (Å²) < 4.78 is 0. The molecule has 0 aliphatic carbocycles. The Morgan fingerprint density at radius 2 is 1.83 bits per heavy atom. The van der Waals surface area contributed by atoms with Gasteiger partial charge in [0.1, 0.15) is 0 Å². The summed E-state index contributed by atoms with van der Waals surface area (Å²) in [4.78, 5) is 18.9. The Balaban J connectivity index is 1.74. The van der Waals surface area contributed by atoms with Crippen molar-refractivity contribution < 1.29 is 4.79 Å². The van der Waals surface area contributed by atoms with Crippen LogP contribution in [0.5, 0.6) is 0 Å². The number of aliphatic imine (C=N–C) groups is 1. The standard InChI is InChI=1S/C19H19N3OS/c1-3-20-15-11-9-14(10-12-15)13-17-18(23)21-19(24-17)22(2)16-7-5-4-6-8-16/h4-13,20H,3H2,1-2H3/b17-13+. The summed E-state index contributed by atoms with van der Waals surface area (Å²) in [6.07, 6.45) is 1.89. The van der Waals surface area contributed by atoms with Crippen LogP contribution in [0.4, 0.5) is 11.4 Å². The minimum absolute atomic E-state index is 0.187. The van der Waals surface area contributed by atoms with Gasteiger partial charge in [0, 0.05) is 25.0 Å². The minimum Gasteiger partial charge on any atom is -0.385 e. The fourth-order valence-electron chi connectivity index (χ4n) is 2.36. The molecule has 0 fully saturated rings. The lowest BCUT2D eigenvalue weighted by molar-refractivity contribution is -0.113. The van der Waals surface area contributed by atoms with Gasteiger partial charge in [-0.25, -0.2) is 0 Å². The van der Waals surface area contributed by atoms with Crippen LogP contribution in [-0.4, -0.2) is 24.7 Å². The third-order valence-electron chi connectivity index (χ3n) is 3.63. The molecule has 5 heteroatoms. The van der Waals surface area contributed by atoms with E-state index in [0.717, 1.165) is 23.5 Å². The normalized spacial score (nSPS) is 15.5. The maximum atomic E-state index is 12.2. The van der Waals surface area contributed by atoms with Gasteiger partial charge in [-0.3, -0.25) is 4.79 Å². The average Bonchev–Trinajstić information content (AvgIpc) is 2.98. The lowest BCUT2D eigenvalue weighted by Crippen LogP contribution is -2.21. The highest BCUT2D eigenvalue weighted by atomic mass is 32.2. The number of para-hydroxylation sites is 1. The van der Waals surface area contributed by atoms with Gasteiger partial charge in [0.05, 0.1) is 4.91 Å². The molecule has 1 aliphatic rings. The van der Waals surface area contributed by atoms with Crippen LogP contribution >= 0.6 is 11.8 Å². The first-order valence-electron chi connectivity index (χ1n) is 7.82. The fraction of sp³-hybridized carbons (Fsp3) is 0.158. The second-order valence-corrected chi connectivity index (χ2v) is 6.37. The van der Waals surface area contributed by atoms with Crippen LogP contribution in [0.1, 0.15) is 12.5 Å². The zero-order valence-corrected chi connectivity index (χ0v) is 14.5. The van der Waals surface area contributed by atoms with Crippen LogP contribution < -0.4 is 10.2 Å². The Labute approximate surface area is 146 Å². The van der Waals surface area contributed by atoms with Crippen LogP contribution in [-0.2, 0) is 4.79 Å². The van der Waals surface area contributed by atoms with Gasteiger partial charge in [-0.15, -0.1) is 0 Å². The van der Waals surface area contributed by atoms with E-state index in [2.05, 4.69) is 17.2 Å². The van der Waals surface area contributed by atoms with Gasteiger partial charge < -0.3 is 10.2 Å². The topological polar surface area (TPSA) is 44.7 Å². The number of benzene rings is 2. The van der Waals surface area contributed by atoms with Crippen molar-refractivity contribution >= 4 is 40.3 Å². The van der Waals surface area contributed by atoms with E-state index in [0.29, 0.717) is 10.1 Å². The molecular formula is C19H19N3OS. The number of carbonyl (C=O) groups excluding carboxylic acids is 1. The number of hydrogen-bond donors (Lipinski definition) is 1. The Hall–Kier alpha value is -2.53. The van der Waals surface area contributed by atoms with Gasteiger partial charge in [-0.2, -0.15) is 4.99 Å². The number of rotatable bonds is 4. The number of anilines is 2. The number of nitrogens with one attached hydrogen (secondary N) is 1. The second kappa shape index (κ2) is 7.36. The number of amidine groups is 1. The van der Waals surface area contributed by atoms with Crippen molar-refractivity contribution in [2.45, 2.75) is 6.92 Å². The highest BCUT2D eigenvalue weighted by Gasteiger charge is 2.25. The summed E-state index contributed by atoms with van der Waals surface area (Å²) >= 11 is 1.40. The number of nitrogens with zero attached hydrogens (tertiary/aromatic N) is 2. The van der Waals surface area contributed by atoms with Crippen molar-refractivity contribution in [1.82, 2.24) is 0 Å². The maximum absolute atomic E-state index is 12.2. The van der Waals surface area contributed by atoms with E-state index < -0.39 is 0 Å². The monoisotopic (exact) mass is 337 g/mol. The summed E-state index contributed by atoms with van der Waals surface area (Å²) in [6.45, 7) is 2.95. The molecule has 3 rings (SSSR count). The Kier molecular flexibility index (Phi) is 5.01. The average molecular weight is 337 g/mol. The summed E-state index contributed by atoms with van der Waals surface area (Å²) in [6, 6.07) is 17.9. The van der Waals surface area contributed by atoms with Gasteiger partial charge in [0.25, 0.3) is 5.91 Å². The first-order valence-corrected chi connectivity index (χ1v) is 8.64. The fourth-order valence-corrected chi connectivity index (χ4v) is 3.25. The lowest BCUT2D eigenvalue weighted by atomic mass is 10.2. The summed E-state index contributed by atoms with van der Waals surface area (Å²) in [7, 11) is 1.92. The van der Waals surface area contributed by atoms with Crippen LogP contribution in [0.2, 0.25) is 0 Å². The van der Waals surface area contributed by atoms with Crippen molar-refractivity contribution in [1.29, 1.82) is 0 Å². The lowest BCUT2D eigenvalue weighted by Gasteiger charge is -2.17. The molecule has 0 saturated heterocycles. The minimum atomic E-state index is -0.187. The Morgan fingerprint density at radius 3 is 2.50 bits per heavy atom. The van der Waals surface area contributed by atoms with Crippen molar-refractivity contribution in [3.8, 4) is 0 Å². The van der Waals surface area contributed by atoms with Crippen molar-refractivity contribution in [2.24, 2.45) is 4.99 Å². The second-order valence-electron chi connectivity index (χ2n) is 5.36. The molecule has 0 unspecified atom stereocenters. The van der Waals surface area contributed by atoms with E-state index in [-0.39, 0.29) is 5.91 Å². The highest BCUT2D eigenvalue weighted by Crippen LogP contribution is 2.31. The van der Waals surface area contributed by atoms with Gasteiger partial charge in [0.2, 0.25) is 0 Å². The molecule has 0 spiro atoms. The SMILES string of the molecule is CCNc1ccc(/C=C2/SC(N(C)c3ccccc3)=NC2=O)cc1. The van der Waals surface area contributed by atoms with Gasteiger partial charge in [-0.05, 0) is 54.6 Å². The van der Waals surface area contributed by atoms with E-state index in [1.165, 1.54) is 11.8 Å². The molecule has 1 N–H and O–H groups in total. The van der Waals surface area contributed by atoms with Gasteiger partial charge in [0.15, 0.2) is 5.17 Å². The molecule has 1 aliphatic heterocycles. The number of amides is 1. The molecule has 1 heterocycles. The number of thioether (sulfide) groups is 1. The molecule has 0 aromatic heterocycles. The molecule has 2 aromatic carbocycles. The summed E-state index contributed by atoms with van der Waals surface area (Å²) in [5, 5.41) is 3.95. The number of hydrogen-bond acceptors (Lipinski definition) is 4. The third-order valence-corrected chi connectivity index (χ3v) is 4.69. The number of carbonyl (C=O) groups is 1. The zero-order valence-electron chi connectivity index (χ0n) is 13.7. The van der Waals surface area contributed by atoms with E-state index in [4.69, 9.17) is 0 Å². The maximum Gasteiger partial charge on any atom is 0.286 e. The van der Waals surface area contributed by atoms with E-state index in [1.807, 2.05) is 72.6 Å². The first-order chi connectivity index (χ1) is 11.7. The summed E-state index contributed by atoms with van der Waals surface area (Å²) in [5.41, 5.74) is 3.07. The van der Waals surface area contributed by atoms with Gasteiger partial charge >= 0.3 is 0 Å². The van der Waals surface area contributed by atoms with Crippen molar-refractivity contribution in [2.75, 3.05) is 23.8 Å². The third kappa shape index (κ3) is 3.68. The van der Waals surface area contributed by atoms with E-state index >= 15 is 0 Å². The highest BCUT2D eigenvalue weighted by molar-refractivity contribution is 8.18. The molecular weight excluding hydrogens is 318 g/mol. The quantitative estimate of drug-likeness (QED) is 0.848. The first kappa shape index (κ1) is 16.3. The van der Waals surface area contributed by atoms with Crippen molar-refractivity contribution in [3.05, 3.63) is 65.1 Å². The largest absolute Gasteiger partial charge is 0.385 e. The molecule has 0 radical (unpaired) electrons. The van der Waals surface area contributed by atoms with Crippen LogP contribution in [0.25, 0.3) is 6.08 Å². The molecule has 0 saturated carbocycles. The summed E-state index contributed by atoms with van der Waals surface area (Å²) in [5.74, 6) is -0.187. The Morgan fingerprint density at radius 1 is 1.12 bits per heavy atom. The Bertz CT molecular complexity index is 782. The van der Waals surface area contributed by atoms with Crippen LogP contribution in [0.15, 0.2) is 64.5 Å². The molecule has 0 atom stereocenters. The predicted molar refractivity (Wildman–Crippen MR) is 103 cm³/mol. The van der Waals surface area contributed by atoms with Crippen LogP contribution in [0, 0.1) is 0 Å². The van der Waals surface area contributed by atoms with Gasteiger partial charge in [-0.1, -0.05) is 30.3 Å². The smallest absolute Gasteiger partial charge is 0.286 e. The molecule has 122 valence electrons. The molecule has 0 bridgehead atoms. The van der Waals surface area contributed by atoms with E-state index in [9.17, 15) is 4.79 Å². The molecule has 1 amide bonds.